The molecule has 1 saturated heterocycles. The highest BCUT2D eigenvalue weighted by Crippen LogP contribution is 2.38. The number of hydrogen-bond acceptors (Lipinski definition) is 4. The number of urea groups is 1. The summed E-state index contributed by atoms with van der Waals surface area (Å²) < 4.78 is 15.8. The molecule has 1 aromatic rings. The van der Waals surface area contributed by atoms with Gasteiger partial charge in [-0.1, -0.05) is 0 Å². The van der Waals surface area contributed by atoms with Crippen LogP contribution in [0.1, 0.15) is 30.9 Å². The van der Waals surface area contributed by atoms with Gasteiger partial charge in [0.15, 0.2) is 0 Å². The molecule has 0 saturated carbocycles. The van der Waals surface area contributed by atoms with Crippen LogP contribution in [0, 0.1) is 0 Å². The Hall–Kier alpha value is -1.95. The molecule has 1 aromatic carbocycles. The summed E-state index contributed by atoms with van der Waals surface area (Å²) in [5.74, 6) is 1.56. The van der Waals surface area contributed by atoms with Crippen LogP contribution in [-0.2, 0) is 4.74 Å². The van der Waals surface area contributed by atoms with Crippen LogP contribution in [-0.4, -0.2) is 52.0 Å². The molecule has 1 atom stereocenters. The second-order valence-corrected chi connectivity index (χ2v) is 5.54. The number of methoxy groups -OCH3 is 3. The Kier molecular flexibility index (Phi) is 6.52. The lowest BCUT2D eigenvalue weighted by atomic mass is 10.0. The molecule has 1 N–H and O–H groups in total. The number of rotatable bonds is 7. The van der Waals surface area contributed by atoms with Crippen molar-refractivity contribution in [2.45, 2.75) is 25.3 Å². The van der Waals surface area contributed by atoms with E-state index in [1.54, 1.807) is 21.3 Å². The molecule has 128 valence electrons. The predicted molar refractivity (Wildman–Crippen MR) is 88.1 cm³/mol. The lowest BCUT2D eigenvalue weighted by Crippen LogP contribution is -2.40. The first-order valence-corrected chi connectivity index (χ1v) is 7.96. The van der Waals surface area contributed by atoms with Gasteiger partial charge in [0, 0.05) is 32.4 Å². The minimum Gasteiger partial charge on any atom is -0.497 e. The summed E-state index contributed by atoms with van der Waals surface area (Å²) in [7, 11) is 4.95. The van der Waals surface area contributed by atoms with Crippen LogP contribution >= 0.6 is 0 Å². The highest BCUT2D eigenvalue weighted by molar-refractivity contribution is 5.75. The van der Waals surface area contributed by atoms with Crippen molar-refractivity contribution in [3.8, 4) is 11.5 Å². The third-order valence-electron chi connectivity index (χ3n) is 4.11. The van der Waals surface area contributed by atoms with E-state index in [2.05, 4.69) is 5.32 Å². The summed E-state index contributed by atoms with van der Waals surface area (Å²) >= 11 is 0. The normalized spacial score (nSPS) is 17.2. The van der Waals surface area contributed by atoms with Crippen molar-refractivity contribution >= 4 is 6.03 Å². The highest BCUT2D eigenvalue weighted by atomic mass is 16.5. The molecule has 1 aliphatic rings. The van der Waals surface area contributed by atoms with Gasteiger partial charge in [-0.3, -0.25) is 0 Å². The van der Waals surface area contributed by atoms with Crippen LogP contribution in [0.2, 0.25) is 0 Å². The van der Waals surface area contributed by atoms with Crippen molar-refractivity contribution in [2.75, 3.05) is 41.0 Å². The van der Waals surface area contributed by atoms with Crippen LogP contribution in [0.3, 0.4) is 0 Å². The number of nitrogens with one attached hydrogen (secondary N) is 1. The topological polar surface area (TPSA) is 60.0 Å². The van der Waals surface area contributed by atoms with E-state index in [4.69, 9.17) is 14.2 Å². The van der Waals surface area contributed by atoms with Crippen molar-refractivity contribution < 1.29 is 19.0 Å². The van der Waals surface area contributed by atoms with Crippen molar-refractivity contribution in [3.63, 3.8) is 0 Å². The van der Waals surface area contributed by atoms with E-state index in [1.807, 2.05) is 23.1 Å². The van der Waals surface area contributed by atoms with E-state index in [9.17, 15) is 4.79 Å². The molecule has 0 aromatic heterocycles. The summed E-state index contributed by atoms with van der Waals surface area (Å²) in [5.41, 5.74) is 0.997. The predicted octanol–water partition coefficient (Wildman–Crippen LogP) is 2.59. The van der Waals surface area contributed by atoms with Crippen molar-refractivity contribution in [2.24, 2.45) is 0 Å². The van der Waals surface area contributed by atoms with Gasteiger partial charge in [-0.25, -0.2) is 4.79 Å². The average Bonchev–Trinajstić information content (AvgIpc) is 3.07. The molecular formula is C17H26N2O4. The van der Waals surface area contributed by atoms with Gasteiger partial charge in [-0.05, 0) is 37.5 Å². The zero-order valence-corrected chi connectivity index (χ0v) is 14.1. The van der Waals surface area contributed by atoms with Gasteiger partial charge in [0.1, 0.15) is 11.5 Å². The molecule has 0 spiro atoms. The number of benzene rings is 1. The third-order valence-corrected chi connectivity index (χ3v) is 4.11. The Labute approximate surface area is 137 Å². The molecule has 1 aliphatic heterocycles. The summed E-state index contributed by atoms with van der Waals surface area (Å²) in [5, 5.41) is 2.96. The SMILES string of the molecule is COCCCNC(=O)N1CCCC1c1cc(OC)ccc1OC. The van der Waals surface area contributed by atoms with Crippen LogP contribution in [0.15, 0.2) is 18.2 Å². The van der Waals surface area contributed by atoms with Crippen LogP contribution in [0.4, 0.5) is 4.79 Å². The van der Waals surface area contributed by atoms with Gasteiger partial charge in [0.25, 0.3) is 0 Å². The average molecular weight is 322 g/mol. The third kappa shape index (κ3) is 4.28. The van der Waals surface area contributed by atoms with E-state index in [-0.39, 0.29) is 12.1 Å². The number of carbonyl (C=O) groups excluding carboxylic acids is 1. The van der Waals surface area contributed by atoms with Gasteiger partial charge < -0.3 is 24.4 Å². The molecule has 0 bridgehead atoms. The minimum atomic E-state index is -0.0338. The number of ether oxygens (including phenoxy) is 3. The lowest BCUT2D eigenvalue weighted by molar-refractivity contribution is 0.182. The fraction of sp³-hybridized carbons (Fsp3) is 0.588. The number of carbonyl (C=O) groups is 1. The molecule has 23 heavy (non-hydrogen) atoms. The van der Waals surface area contributed by atoms with Crippen LogP contribution < -0.4 is 14.8 Å². The molecular weight excluding hydrogens is 296 g/mol. The van der Waals surface area contributed by atoms with Crippen molar-refractivity contribution in [1.82, 2.24) is 10.2 Å². The summed E-state index contributed by atoms with van der Waals surface area (Å²) in [6, 6.07) is 5.70. The van der Waals surface area contributed by atoms with Gasteiger partial charge in [-0.2, -0.15) is 0 Å². The van der Waals surface area contributed by atoms with Crippen LogP contribution in [0.5, 0.6) is 11.5 Å². The summed E-state index contributed by atoms with van der Waals surface area (Å²) in [6.45, 7) is 2.01. The van der Waals surface area contributed by atoms with E-state index in [0.717, 1.165) is 42.9 Å². The number of amides is 2. The Morgan fingerprint density at radius 1 is 1.30 bits per heavy atom. The summed E-state index contributed by atoms with van der Waals surface area (Å²) in [6.07, 6.45) is 2.72. The molecule has 2 amide bonds. The van der Waals surface area contributed by atoms with Crippen molar-refractivity contribution in [1.29, 1.82) is 0 Å². The Morgan fingerprint density at radius 2 is 2.13 bits per heavy atom. The molecule has 6 nitrogen and oxygen atoms in total. The summed E-state index contributed by atoms with van der Waals surface area (Å²) in [4.78, 5) is 14.3. The smallest absolute Gasteiger partial charge is 0.317 e. The zero-order valence-electron chi connectivity index (χ0n) is 14.1. The molecule has 2 rings (SSSR count). The van der Waals surface area contributed by atoms with E-state index in [1.165, 1.54) is 0 Å². The monoisotopic (exact) mass is 322 g/mol. The molecule has 0 aliphatic carbocycles. The Morgan fingerprint density at radius 3 is 2.83 bits per heavy atom. The first-order chi connectivity index (χ1) is 11.2. The van der Waals surface area contributed by atoms with E-state index >= 15 is 0 Å². The van der Waals surface area contributed by atoms with Crippen molar-refractivity contribution in [3.05, 3.63) is 23.8 Å². The Bertz CT molecular complexity index is 521. The molecule has 1 unspecified atom stereocenters. The van der Waals surface area contributed by atoms with Gasteiger partial charge >= 0.3 is 6.03 Å². The first kappa shape index (κ1) is 17.4. The number of nitrogens with zero attached hydrogens (tertiary/aromatic N) is 1. The van der Waals surface area contributed by atoms with Gasteiger partial charge in [-0.15, -0.1) is 0 Å². The molecule has 0 radical (unpaired) electrons. The quantitative estimate of drug-likeness (QED) is 0.784. The highest BCUT2D eigenvalue weighted by Gasteiger charge is 2.32. The molecule has 1 heterocycles. The maximum Gasteiger partial charge on any atom is 0.317 e. The molecule has 6 heteroatoms. The minimum absolute atomic E-state index is 0.0162. The zero-order chi connectivity index (χ0) is 16.7. The fourth-order valence-corrected chi connectivity index (χ4v) is 2.95. The first-order valence-electron chi connectivity index (χ1n) is 7.96. The lowest BCUT2D eigenvalue weighted by Gasteiger charge is -2.27. The maximum absolute atomic E-state index is 12.4. The Balaban J connectivity index is 2.10. The van der Waals surface area contributed by atoms with Gasteiger partial charge in [0.05, 0.1) is 20.3 Å². The standard InChI is InChI=1S/C17H26N2O4/c1-21-11-5-9-18-17(20)19-10-4-6-15(19)14-12-13(22-2)7-8-16(14)23-3/h7-8,12,15H,4-6,9-11H2,1-3H3,(H,18,20). The van der Waals surface area contributed by atoms with Crippen LogP contribution in [0.25, 0.3) is 0 Å². The van der Waals surface area contributed by atoms with Gasteiger partial charge in [0.2, 0.25) is 0 Å². The second kappa shape index (κ2) is 8.62. The van der Waals surface area contributed by atoms with E-state index < -0.39 is 0 Å². The largest absolute Gasteiger partial charge is 0.497 e. The second-order valence-electron chi connectivity index (χ2n) is 5.54. The fourth-order valence-electron chi connectivity index (χ4n) is 2.95. The number of hydrogen-bond donors (Lipinski definition) is 1. The number of likely N-dealkylation sites (tertiary alicyclic amines) is 1. The maximum atomic E-state index is 12.4. The molecule has 1 fully saturated rings. The van der Waals surface area contributed by atoms with E-state index in [0.29, 0.717) is 13.2 Å².